The number of aromatic nitrogens is 2. The summed E-state index contributed by atoms with van der Waals surface area (Å²) in [7, 11) is 0. The number of imidazole rings is 1. The Morgan fingerprint density at radius 3 is 2.34 bits per heavy atom. The van der Waals surface area contributed by atoms with Gasteiger partial charge in [0.1, 0.15) is 12.3 Å². The molecule has 8 nitrogen and oxygen atoms in total. The number of nitrogens with zero attached hydrogens (tertiary/aromatic N) is 2. The third-order valence-electron chi connectivity index (χ3n) is 5.51. The number of carbonyl (C=O) groups excluding carboxylic acids is 2. The molecule has 0 bridgehead atoms. The molecule has 3 aromatic rings. The zero-order valence-corrected chi connectivity index (χ0v) is 18.2. The molecule has 2 aromatic carbocycles. The van der Waals surface area contributed by atoms with E-state index in [9.17, 15) is 14.4 Å². The Balaban J connectivity index is 1.25. The molecule has 2 amide bonds. The fraction of sp³-hybridized carbons (Fsp3) is 0.375. The van der Waals surface area contributed by atoms with Crippen LogP contribution in [0, 0.1) is 0 Å². The fourth-order valence-electron chi connectivity index (χ4n) is 3.67. The van der Waals surface area contributed by atoms with Gasteiger partial charge in [0.2, 0.25) is 5.91 Å². The van der Waals surface area contributed by atoms with E-state index in [-0.39, 0.29) is 30.7 Å². The molecule has 0 aliphatic heterocycles. The average molecular weight is 437 g/mol. The van der Waals surface area contributed by atoms with Crippen LogP contribution in [-0.4, -0.2) is 40.1 Å². The van der Waals surface area contributed by atoms with E-state index in [1.54, 1.807) is 4.57 Å². The molecule has 1 aromatic heterocycles. The number of para-hydroxylation sites is 2. The van der Waals surface area contributed by atoms with Gasteiger partial charge in [0.15, 0.2) is 6.61 Å². The number of benzene rings is 2. The van der Waals surface area contributed by atoms with Crippen molar-refractivity contribution in [1.82, 2.24) is 19.8 Å². The van der Waals surface area contributed by atoms with E-state index in [1.165, 1.54) is 4.57 Å². The summed E-state index contributed by atoms with van der Waals surface area (Å²) in [6, 6.07) is 15.3. The topological polar surface area (TPSA) is 94.4 Å². The second kappa shape index (κ2) is 9.72. The number of fused-ring (bicyclic) bond motifs is 1. The first-order valence-electron chi connectivity index (χ1n) is 11.0. The summed E-state index contributed by atoms with van der Waals surface area (Å²) in [5, 5.41) is 5.77. The highest BCUT2D eigenvalue weighted by Gasteiger charge is 2.23. The van der Waals surface area contributed by atoms with Crippen molar-refractivity contribution in [3.63, 3.8) is 0 Å². The van der Waals surface area contributed by atoms with E-state index < -0.39 is 0 Å². The molecule has 32 heavy (non-hydrogen) atoms. The van der Waals surface area contributed by atoms with E-state index in [0.717, 1.165) is 29.4 Å². The van der Waals surface area contributed by atoms with Gasteiger partial charge < -0.3 is 15.4 Å². The Kier molecular flexibility index (Phi) is 6.58. The van der Waals surface area contributed by atoms with Crippen molar-refractivity contribution in [2.45, 2.75) is 45.3 Å². The van der Waals surface area contributed by atoms with Crippen LogP contribution in [0.2, 0.25) is 0 Å². The summed E-state index contributed by atoms with van der Waals surface area (Å²) < 4.78 is 8.68. The Hall–Kier alpha value is -3.55. The molecule has 1 fully saturated rings. The molecule has 168 valence electrons. The summed E-state index contributed by atoms with van der Waals surface area (Å²) in [5.41, 5.74) is 2.46. The molecule has 0 radical (unpaired) electrons. The van der Waals surface area contributed by atoms with Crippen molar-refractivity contribution >= 4 is 22.8 Å². The second-order valence-electron chi connectivity index (χ2n) is 7.98. The van der Waals surface area contributed by atoms with Crippen molar-refractivity contribution < 1.29 is 14.3 Å². The standard InChI is InChI=1S/C24H28N4O4/c1-2-27-20-5-3-4-6-21(20)28(24(27)31)15-22(29)25-14-13-17-7-11-19(12-8-17)32-16-23(30)26-18-9-10-18/h3-8,11-12,18H,2,9-10,13-16H2,1H3,(H,25,29)(H,26,30). The lowest BCUT2D eigenvalue weighted by atomic mass is 10.1. The molecule has 0 saturated heterocycles. The van der Waals surface area contributed by atoms with Gasteiger partial charge in [-0.1, -0.05) is 24.3 Å². The van der Waals surface area contributed by atoms with Crippen LogP contribution in [0.1, 0.15) is 25.3 Å². The van der Waals surface area contributed by atoms with Crippen LogP contribution in [0.3, 0.4) is 0 Å². The third kappa shape index (κ3) is 5.19. The lowest BCUT2D eigenvalue weighted by Gasteiger charge is -2.09. The minimum Gasteiger partial charge on any atom is -0.484 e. The predicted molar refractivity (Wildman–Crippen MR) is 122 cm³/mol. The van der Waals surface area contributed by atoms with Gasteiger partial charge in [-0.3, -0.25) is 18.7 Å². The van der Waals surface area contributed by atoms with Crippen LogP contribution in [0.15, 0.2) is 53.3 Å². The zero-order valence-electron chi connectivity index (χ0n) is 18.2. The van der Waals surface area contributed by atoms with Crippen molar-refractivity contribution in [3.05, 3.63) is 64.6 Å². The van der Waals surface area contributed by atoms with Gasteiger partial charge in [-0.25, -0.2) is 4.79 Å². The molecule has 8 heteroatoms. The Bertz CT molecular complexity index is 1160. The Morgan fingerprint density at radius 2 is 1.69 bits per heavy atom. The van der Waals surface area contributed by atoms with Crippen LogP contribution in [0.25, 0.3) is 11.0 Å². The normalized spacial score (nSPS) is 13.2. The number of amides is 2. The molecule has 1 aliphatic rings. The van der Waals surface area contributed by atoms with Crippen molar-refractivity contribution in [1.29, 1.82) is 0 Å². The highest BCUT2D eigenvalue weighted by Crippen LogP contribution is 2.18. The van der Waals surface area contributed by atoms with Crippen LogP contribution in [0.5, 0.6) is 5.75 Å². The molecule has 0 atom stereocenters. The molecule has 1 heterocycles. The first-order chi connectivity index (χ1) is 15.5. The van der Waals surface area contributed by atoms with Crippen molar-refractivity contribution in [2.75, 3.05) is 13.2 Å². The molecular formula is C24H28N4O4. The third-order valence-corrected chi connectivity index (χ3v) is 5.51. The highest BCUT2D eigenvalue weighted by molar-refractivity contribution is 5.81. The number of hydrogen-bond acceptors (Lipinski definition) is 4. The summed E-state index contributed by atoms with van der Waals surface area (Å²) in [6.45, 7) is 2.93. The van der Waals surface area contributed by atoms with E-state index in [4.69, 9.17) is 4.74 Å². The Labute approximate surface area is 186 Å². The predicted octanol–water partition coefficient (Wildman–Crippen LogP) is 1.84. The van der Waals surface area contributed by atoms with Gasteiger partial charge in [0, 0.05) is 19.1 Å². The first kappa shape index (κ1) is 21.7. The quantitative estimate of drug-likeness (QED) is 0.507. The van der Waals surface area contributed by atoms with Crippen molar-refractivity contribution in [3.8, 4) is 5.75 Å². The number of hydrogen-bond donors (Lipinski definition) is 2. The summed E-state index contributed by atoms with van der Waals surface area (Å²) in [4.78, 5) is 36.8. The van der Waals surface area contributed by atoms with E-state index in [0.29, 0.717) is 31.3 Å². The zero-order chi connectivity index (χ0) is 22.5. The first-order valence-corrected chi connectivity index (χ1v) is 11.0. The molecule has 4 rings (SSSR count). The molecule has 1 aliphatic carbocycles. The largest absolute Gasteiger partial charge is 0.484 e. The van der Waals surface area contributed by atoms with E-state index in [2.05, 4.69) is 10.6 Å². The lowest BCUT2D eigenvalue weighted by molar-refractivity contribution is -0.123. The maximum atomic E-state index is 12.6. The molecule has 0 unspecified atom stereocenters. The van der Waals surface area contributed by atoms with Gasteiger partial charge in [-0.15, -0.1) is 0 Å². The maximum absolute atomic E-state index is 12.6. The van der Waals surface area contributed by atoms with Gasteiger partial charge >= 0.3 is 5.69 Å². The molecule has 1 saturated carbocycles. The summed E-state index contributed by atoms with van der Waals surface area (Å²) >= 11 is 0. The van der Waals surface area contributed by atoms with E-state index in [1.807, 2.05) is 55.5 Å². The van der Waals surface area contributed by atoms with Gasteiger partial charge in [0.05, 0.1) is 11.0 Å². The average Bonchev–Trinajstić information content (AvgIpc) is 3.57. The molecular weight excluding hydrogens is 408 g/mol. The number of ether oxygens (including phenoxy) is 1. The number of nitrogens with one attached hydrogen (secondary N) is 2. The van der Waals surface area contributed by atoms with Gasteiger partial charge in [-0.2, -0.15) is 0 Å². The number of carbonyl (C=O) groups is 2. The van der Waals surface area contributed by atoms with Crippen LogP contribution >= 0.6 is 0 Å². The van der Waals surface area contributed by atoms with Gasteiger partial charge in [0.25, 0.3) is 5.91 Å². The van der Waals surface area contributed by atoms with Crippen LogP contribution in [0.4, 0.5) is 0 Å². The summed E-state index contributed by atoms with van der Waals surface area (Å²) in [5.74, 6) is 0.337. The van der Waals surface area contributed by atoms with E-state index >= 15 is 0 Å². The minimum absolute atomic E-state index is 0.0119. The van der Waals surface area contributed by atoms with Crippen LogP contribution in [-0.2, 0) is 29.1 Å². The van der Waals surface area contributed by atoms with Crippen LogP contribution < -0.4 is 21.1 Å². The number of rotatable bonds is 10. The highest BCUT2D eigenvalue weighted by atomic mass is 16.5. The maximum Gasteiger partial charge on any atom is 0.329 e. The van der Waals surface area contributed by atoms with Crippen molar-refractivity contribution in [2.24, 2.45) is 0 Å². The smallest absolute Gasteiger partial charge is 0.329 e. The molecule has 0 spiro atoms. The molecule has 2 N–H and O–H groups in total. The number of aryl methyl sites for hydroxylation is 1. The fourth-order valence-corrected chi connectivity index (χ4v) is 3.67. The van der Waals surface area contributed by atoms with Gasteiger partial charge in [-0.05, 0) is 56.0 Å². The SMILES string of the molecule is CCn1c(=O)n(CC(=O)NCCc2ccc(OCC(=O)NC3CC3)cc2)c2ccccc21. The monoisotopic (exact) mass is 436 g/mol. The second-order valence-corrected chi connectivity index (χ2v) is 7.98. The lowest BCUT2D eigenvalue weighted by Crippen LogP contribution is -2.34. The summed E-state index contributed by atoms with van der Waals surface area (Å²) in [6.07, 6.45) is 2.76. The Morgan fingerprint density at radius 1 is 1.00 bits per heavy atom. The minimum atomic E-state index is -0.201.